The van der Waals surface area contributed by atoms with Crippen molar-refractivity contribution < 1.29 is 18.0 Å². The normalized spacial score (nSPS) is 11.4. The van der Waals surface area contributed by atoms with Crippen LogP contribution in [0.2, 0.25) is 0 Å². The molecule has 0 aliphatic carbocycles. The van der Waals surface area contributed by atoms with Crippen molar-refractivity contribution in [1.29, 1.82) is 0 Å². The average Bonchev–Trinajstić information content (AvgIpc) is 3.04. The number of hydrogen-bond acceptors (Lipinski definition) is 2. The molecule has 0 unspecified atom stereocenters. The third-order valence-corrected chi connectivity index (χ3v) is 3.40. The maximum Gasteiger partial charge on any atom is 0.416 e. The van der Waals surface area contributed by atoms with Gasteiger partial charge in [-0.15, -0.1) is 0 Å². The van der Waals surface area contributed by atoms with E-state index >= 15 is 0 Å². The number of hydrogen-bond donors (Lipinski definition) is 0. The summed E-state index contributed by atoms with van der Waals surface area (Å²) in [5.74, 6) is 0. The highest BCUT2D eigenvalue weighted by Gasteiger charge is 2.30. The van der Waals surface area contributed by atoms with Crippen molar-refractivity contribution in [2.45, 2.75) is 6.18 Å². The molecule has 0 bridgehead atoms. The van der Waals surface area contributed by atoms with Crippen LogP contribution in [0.3, 0.4) is 0 Å². The van der Waals surface area contributed by atoms with Gasteiger partial charge in [-0.2, -0.15) is 18.3 Å². The lowest BCUT2D eigenvalue weighted by molar-refractivity contribution is -0.137. The fraction of sp³-hybridized carbons (Fsp3) is 0.0588. The highest BCUT2D eigenvalue weighted by atomic mass is 19.4. The zero-order chi connectivity index (χ0) is 16.4. The third-order valence-electron chi connectivity index (χ3n) is 3.40. The molecule has 0 aliphatic rings. The third kappa shape index (κ3) is 3.15. The SMILES string of the molecule is O=Cc1cccc(-c2cnn(-c3ccc(C(F)(F)F)cc3)c2)c1. The van der Waals surface area contributed by atoms with Crippen molar-refractivity contribution in [3.8, 4) is 16.8 Å². The highest BCUT2D eigenvalue weighted by molar-refractivity contribution is 5.78. The Morgan fingerprint density at radius 1 is 1.00 bits per heavy atom. The van der Waals surface area contributed by atoms with Crippen LogP contribution in [-0.2, 0) is 6.18 Å². The molecule has 0 radical (unpaired) electrons. The van der Waals surface area contributed by atoms with Crippen LogP contribution in [0, 0.1) is 0 Å². The number of carbonyl (C=O) groups is 1. The Balaban J connectivity index is 1.91. The summed E-state index contributed by atoms with van der Waals surface area (Å²) < 4.78 is 39.2. The molecule has 1 heterocycles. The zero-order valence-corrected chi connectivity index (χ0v) is 11.8. The summed E-state index contributed by atoms with van der Waals surface area (Å²) in [6, 6.07) is 11.8. The van der Waals surface area contributed by atoms with E-state index in [4.69, 9.17) is 0 Å². The molecular formula is C17H11F3N2O. The number of aldehydes is 1. The van der Waals surface area contributed by atoms with E-state index in [2.05, 4.69) is 5.10 Å². The summed E-state index contributed by atoms with van der Waals surface area (Å²) in [6.45, 7) is 0. The summed E-state index contributed by atoms with van der Waals surface area (Å²) in [6.07, 6.45) is -0.305. The van der Waals surface area contributed by atoms with Crippen LogP contribution < -0.4 is 0 Å². The molecule has 116 valence electrons. The second kappa shape index (κ2) is 5.72. The molecule has 1 aromatic heterocycles. The molecular weight excluding hydrogens is 305 g/mol. The van der Waals surface area contributed by atoms with Gasteiger partial charge < -0.3 is 0 Å². The predicted octanol–water partition coefficient (Wildman–Crippen LogP) is 4.37. The molecule has 0 spiro atoms. The Labute approximate surface area is 130 Å². The first-order valence-corrected chi connectivity index (χ1v) is 6.75. The first-order valence-electron chi connectivity index (χ1n) is 6.75. The van der Waals surface area contributed by atoms with Crippen LogP contribution in [0.5, 0.6) is 0 Å². The largest absolute Gasteiger partial charge is 0.416 e. The molecule has 0 fully saturated rings. The molecule has 3 nitrogen and oxygen atoms in total. The van der Waals surface area contributed by atoms with Crippen LogP contribution in [0.15, 0.2) is 60.9 Å². The minimum atomic E-state index is -4.36. The van der Waals surface area contributed by atoms with Crippen molar-refractivity contribution in [3.63, 3.8) is 0 Å². The van der Waals surface area contributed by atoms with Gasteiger partial charge in [-0.25, -0.2) is 4.68 Å². The van der Waals surface area contributed by atoms with E-state index in [0.717, 1.165) is 29.5 Å². The number of alkyl halides is 3. The fourth-order valence-electron chi connectivity index (χ4n) is 2.21. The molecule has 0 saturated carbocycles. The summed E-state index contributed by atoms with van der Waals surface area (Å²) in [7, 11) is 0. The van der Waals surface area contributed by atoms with E-state index in [1.807, 2.05) is 6.07 Å². The number of benzene rings is 2. The van der Waals surface area contributed by atoms with Gasteiger partial charge >= 0.3 is 6.18 Å². The quantitative estimate of drug-likeness (QED) is 0.673. The molecule has 0 aliphatic heterocycles. The Bertz CT molecular complexity index is 836. The monoisotopic (exact) mass is 316 g/mol. The average molecular weight is 316 g/mol. The maximum absolute atomic E-state index is 12.6. The van der Waals surface area contributed by atoms with Gasteiger partial charge in [0, 0.05) is 17.3 Å². The van der Waals surface area contributed by atoms with Gasteiger partial charge in [0.2, 0.25) is 0 Å². The van der Waals surface area contributed by atoms with E-state index in [1.54, 1.807) is 30.6 Å². The van der Waals surface area contributed by atoms with Gasteiger partial charge in [-0.1, -0.05) is 18.2 Å². The van der Waals surface area contributed by atoms with Crippen LogP contribution in [0.1, 0.15) is 15.9 Å². The number of rotatable bonds is 3. The molecule has 0 saturated heterocycles. The Morgan fingerprint density at radius 3 is 2.39 bits per heavy atom. The predicted molar refractivity (Wildman–Crippen MR) is 79.4 cm³/mol. The number of carbonyl (C=O) groups excluding carboxylic acids is 1. The van der Waals surface area contributed by atoms with Gasteiger partial charge in [0.15, 0.2) is 0 Å². The second-order valence-corrected chi connectivity index (χ2v) is 4.96. The van der Waals surface area contributed by atoms with Crippen LogP contribution >= 0.6 is 0 Å². The van der Waals surface area contributed by atoms with E-state index in [9.17, 15) is 18.0 Å². The Hall–Kier alpha value is -2.89. The minimum Gasteiger partial charge on any atom is -0.298 e. The van der Waals surface area contributed by atoms with Gasteiger partial charge in [-0.3, -0.25) is 4.79 Å². The van der Waals surface area contributed by atoms with Crippen LogP contribution in [0.4, 0.5) is 13.2 Å². The molecule has 23 heavy (non-hydrogen) atoms. The van der Waals surface area contributed by atoms with Gasteiger partial charge in [0.25, 0.3) is 0 Å². The lowest BCUT2D eigenvalue weighted by atomic mass is 10.1. The topological polar surface area (TPSA) is 34.9 Å². The molecule has 0 atom stereocenters. The van der Waals surface area contributed by atoms with Gasteiger partial charge in [0.05, 0.1) is 17.4 Å². The Kier molecular flexibility index (Phi) is 3.73. The summed E-state index contributed by atoms with van der Waals surface area (Å²) in [5.41, 5.74) is 1.95. The van der Waals surface area contributed by atoms with Crippen molar-refractivity contribution in [3.05, 3.63) is 72.1 Å². The van der Waals surface area contributed by atoms with Gasteiger partial charge in [0.1, 0.15) is 6.29 Å². The molecule has 3 aromatic rings. The van der Waals surface area contributed by atoms with E-state index in [0.29, 0.717) is 11.3 Å². The summed E-state index contributed by atoms with van der Waals surface area (Å²) in [5, 5.41) is 4.16. The number of nitrogens with zero attached hydrogens (tertiary/aromatic N) is 2. The molecule has 0 amide bonds. The van der Waals surface area contributed by atoms with Gasteiger partial charge in [-0.05, 0) is 35.9 Å². The second-order valence-electron chi connectivity index (χ2n) is 4.96. The lowest BCUT2D eigenvalue weighted by Gasteiger charge is -2.07. The summed E-state index contributed by atoms with van der Waals surface area (Å²) in [4.78, 5) is 10.8. The molecule has 6 heteroatoms. The maximum atomic E-state index is 12.6. The Morgan fingerprint density at radius 2 is 1.74 bits per heavy atom. The zero-order valence-electron chi connectivity index (χ0n) is 11.8. The number of aromatic nitrogens is 2. The lowest BCUT2D eigenvalue weighted by Crippen LogP contribution is -2.05. The van der Waals surface area contributed by atoms with E-state index in [-0.39, 0.29) is 0 Å². The smallest absolute Gasteiger partial charge is 0.298 e. The van der Waals surface area contributed by atoms with Crippen LogP contribution in [0.25, 0.3) is 16.8 Å². The van der Waals surface area contributed by atoms with Crippen molar-refractivity contribution in [1.82, 2.24) is 9.78 Å². The van der Waals surface area contributed by atoms with E-state index in [1.165, 1.54) is 16.8 Å². The minimum absolute atomic E-state index is 0.524. The van der Waals surface area contributed by atoms with Crippen molar-refractivity contribution in [2.24, 2.45) is 0 Å². The first-order chi connectivity index (χ1) is 11.0. The highest BCUT2D eigenvalue weighted by Crippen LogP contribution is 2.29. The molecule has 2 aromatic carbocycles. The van der Waals surface area contributed by atoms with Crippen molar-refractivity contribution in [2.75, 3.05) is 0 Å². The standard InChI is InChI=1S/C17H11F3N2O/c18-17(19,20)15-4-6-16(7-5-15)22-10-14(9-21-22)13-3-1-2-12(8-13)11-23/h1-11H. The van der Waals surface area contributed by atoms with Crippen LogP contribution in [-0.4, -0.2) is 16.1 Å². The van der Waals surface area contributed by atoms with E-state index < -0.39 is 11.7 Å². The molecule has 0 N–H and O–H groups in total. The number of halogens is 3. The summed E-state index contributed by atoms with van der Waals surface area (Å²) >= 11 is 0. The molecule has 3 rings (SSSR count). The fourth-order valence-corrected chi connectivity index (χ4v) is 2.21. The van der Waals surface area contributed by atoms with Crippen molar-refractivity contribution >= 4 is 6.29 Å². The first kappa shape index (κ1) is 15.0.